The Hall–Kier alpha value is -0.930. The average Bonchev–Trinajstić information content (AvgIpc) is 2.30. The van der Waals surface area contributed by atoms with Crippen LogP contribution in [0.4, 0.5) is 4.39 Å². The first-order chi connectivity index (χ1) is 7.31. The van der Waals surface area contributed by atoms with Crippen LogP contribution in [-0.4, -0.2) is 31.1 Å². The maximum atomic E-state index is 13.5. The molecule has 0 radical (unpaired) electrons. The summed E-state index contributed by atoms with van der Waals surface area (Å²) in [5, 5.41) is 3.36. The van der Waals surface area contributed by atoms with Crippen molar-refractivity contribution in [3.05, 3.63) is 35.6 Å². The van der Waals surface area contributed by atoms with Gasteiger partial charge in [-0.25, -0.2) is 4.39 Å². The number of rotatable bonds is 2. The average molecular weight is 208 g/mol. The third kappa shape index (κ3) is 2.36. The van der Waals surface area contributed by atoms with Crippen LogP contribution in [0.3, 0.4) is 0 Å². The number of halogens is 1. The lowest BCUT2D eigenvalue weighted by molar-refractivity contribution is 0.208. The van der Waals surface area contributed by atoms with Gasteiger partial charge in [0.05, 0.1) is 0 Å². The van der Waals surface area contributed by atoms with E-state index in [9.17, 15) is 4.39 Å². The Morgan fingerprint density at radius 3 is 3.00 bits per heavy atom. The van der Waals surface area contributed by atoms with Crippen molar-refractivity contribution >= 4 is 0 Å². The van der Waals surface area contributed by atoms with Crippen molar-refractivity contribution in [3.63, 3.8) is 0 Å². The Morgan fingerprint density at radius 1 is 1.47 bits per heavy atom. The van der Waals surface area contributed by atoms with Crippen molar-refractivity contribution in [2.24, 2.45) is 0 Å². The van der Waals surface area contributed by atoms with E-state index in [0.29, 0.717) is 0 Å². The lowest BCUT2D eigenvalue weighted by Gasteiger charge is -2.33. The van der Waals surface area contributed by atoms with Crippen LogP contribution in [0.25, 0.3) is 0 Å². The summed E-state index contributed by atoms with van der Waals surface area (Å²) in [5.41, 5.74) is 0.788. The molecule has 1 N–H and O–H groups in total. The summed E-state index contributed by atoms with van der Waals surface area (Å²) in [7, 11) is 0. The van der Waals surface area contributed by atoms with Gasteiger partial charge in [-0.1, -0.05) is 25.1 Å². The van der Waals surface area contributed by atoms with Gasteiger partial charge in [-0.2, -0.15) is 0 Å². The van der Waals surface area contributed by atoms with Crippen LogP contribution in [0.5, 0.6) is 0 Å². The Morgan fingerprint density at radius 2 is 2.27 bits per heavy atom. The normalized spacial score (nSPS) is 22.9. The zero-order valence-corrected chi connectivity index (χ0v) is 9.04. The maximum absolute atomic E-state index is 13.5. The lowest BCUT2D eigenvalue weighted by Crippen LogP contribution is -2.45. The van der Waals surface area contributed by atoms with E-state index >= 15 is 0 Å². The highest BCUT2D eigenvalue weighted by Crippen LogP contribution is 2.19. The monoisotopic (exact) mass is 208 g/mol. The van der Waals surface area contributed by atoms with E-state index in [4.69, 9.17) is 0 Å². The molecule has 0 aromatic heterocycles. The van der Waals surface area contributed by atoms with Gasteiger partial charge < -0.3 is 10.2 Å². The smallest absolute Gasteiger partial charge is 0.128 e. The molecule has 1 saturated heterocycles. The van der Waals surface area contributed by atoms with Gasteiger partial charge in [0.1, 0.15) is 5.82 Å². The zero-order chi connectivity index (χ0) is 10.7. The molecule has 15 heavy (non-hydrogen) atoms. The lowest BCUT2D eigenvalue weighted by atomic mass is 10.0. The molecule has 2 nitrogen and oxygen atoms in total. The molecular formula is C12H17FN2. The number of nitrogens with one attached hydrogen (secondary N) is 1. The third-order valence-corrected chi connectivity index (χ3v) is 2.99. The molecule has 1 aliphatic rings. The van der Waals surface area contributed by atoms with E-state index in [2.05, 4.69) is 17.1 Å². The zero-order valence-electron chi connectivity index (χ0n) is 9.04. The summed E-state index contributed by atoms with van der Waals surface area (Å²) < 4.78 is 13.5. The van der Waals surface area contributed by atoms with E-state index in [1.807, 2.05) is 12.1 Å². The fourth-order valence-electron chi connectivity index (χ4n) is 2.06. The largest absolute Gasteiger partial charge is 0.307 e. The molecule has 0 aliphatic carbocycles. The van der Waals surface area contributed by atoms with Crippen LogP contribution < -0.4 is 5.32 Å². The standard InChI is InChI=1S/C12H17FN2/c1-2-15-8-7-14-12(9-15)10-5-3-4-6-11(10)13/h3-6,12,14H,2,7-9H2,1H3/t12-/m1/s1. The molecule has 1 fully saturated rings. The topological polar surface area (TPSA) is 15.3 Å². The minimum Gasteiger partial charge on any atom is -0.307 e. The molecule has 0 amide bonds. The van der Waals surface area contributed by atoms with Gasteiger partial charge in [0.2, 0.25) is 0 Å². The Kier molecular flexibility index (Phi) is 3.34. The van der Waals surface area contributed by atoms with Crippen molar-refractivity contribution in [2.75, 3.05) is 26.2 Å². The first-order valence-electron chi connectivity index (χ1n) is 5.51. The molecule has 82 valence electrons. The van der Waals surface area contributed by atoms with Crippen LogP contribution in [0, 0.1) is 5.82 Å². The highest BCUT2D eigenvalue weighted by atomic mass is 19.1. The predicted octanol–water partition coefficient (Wildman–Crippen LogP) is 1.79. The van der Waals surface area contributed by atoms with Crippen molar-refractivity contribution in [1.82, 2.24) is 10.2 Å². The van der Waals surface area contributed by atoms with Crippen molar-refractivity contribution in [3.8, 4) is 0 Å². The van der Waals surface area contributed by atoms with E-state index in [1.54, 1.807) is 6.07 Å². The molecule has 1 atom stereocenters. The second-order valence-corrected chi connectivity index (χ2v) is 3.92. The highest BCUT2D eigenvalue weighted by molar-refractivity contribution is 5.22. The van der Waals surface area contributed by atoms with Gasteiger partial charge in [-0.05, 0) is 12.6 Å². The number of nitrogens with zero attached hydrogens (tertiary/aromatic N) is 1. The minimum atomic E-state index is -0.104. The minimum absolute atomic E-state index is 0.104. The van der Waals surface area contributed by atoms with Crippen LogP contribution in [0.2, 0.25) is 0 Å². The molecule has 1 heterocycles. The molecule has 0 unspecified atom stereocenters. The summed E-state index contributed by atoms with van der Waals surface area (Å²) in [5.74, 6) is -0.104. The van der Waals surface area contributed by atoms with Gasteiger partial charge >= 0.3 is 0 Å². The second kappa shape index (κ2) is 4.73. The quantitative estimate of drug-likeness (QED) is 0.797. The van der Waals surface area contributed by atoms with E-state index in [-0.39, 0.29) is 11.9 Å². The van der Waals surface area contributed by atoms with Crippen LogP contribution in [0.1, 0.15) is 18.5 Å². The molecule has 1 aliphatic heterocycles. The number of piperazine rings is 1. The molecule has 1 aromatic rings. The van der Waals surface area contributed by atoms with Gasteiger partial charge in [0, 0.05) is 31.2 Å². The predicted molar refractivity (Wildman–Crippen MR) is 59.3 cm³/mol. The SMILES string of the molecule is CCN1CCN[C@@H](c2ccccc2F)C1. The maximum Gasteiger partial charge on any atom is 0.128 e. The number of likely N-dealkylation sites (N-methyl/N-ethyl adjacent to an activating group) is 1. The second-order valence-electron chi connectivity index (χ2n) is 3.92. The molecule has 1 aromatic carbocycles. The van der Waals surface area contributed by atoms with Crippen molar-refractivity contribution in [1.29, 1.82) is 0 Å². The molecule has 0 bridgehead atoms. The Labute approximate surface area is 90.1 Å². The van der Waals surface area contributed by atoms with Gasteiger partial charge in [-0.15, -0.1) is 0 Å². The third-order valence-electron chi connectivity index (χ3n) is 2.99. The fraction of sp³-hybridized carbons (Fsp3) is 0.500. The summed E-state index contributed by atoms with van der Waals surface area (Å²) in [6.07, 6.45) is 0. The summed E-state index contributed by atoms with van der Waals surface area (Å²) in [4.78, 5) is 2.34. The number of hydrogen-bond acceptors (Lipinski definition) is 2. The van der Waals surface area contributed by atoms with E-state index in [0.717, 1.165) is 31.7 Å². The Balaban J connectivity index is 2.13. The van der Waals surface area contributed by atoms with Crippen LogP contribution in [0.15, 0.2) is 24.3 Å². The van der Waals surface area contributed by atoms with E-state index < -0.39 is 0 Å². The van der Waals surface area contributed by atoms with Gasteiger partial charge in [0.15, 0.2) is 0 Å². The molecule has 2 rings (SSSR count). The summed E-state index contributed by atoms with van der Waals surface area (Å²) in [6.45, 7) is 6.07. The first-order valence-corrected chi connectivity index (χ1v) is 5.51. The van der Waals surface area contributed by atoms with Gasteiger partial charge in [0.25, 0.3) is 0 Å². The van der Waals surface area contributed by atoms with Crippen molar-refractivity contribution < 1.29 is 4.39 Å². The van der Waals surface area contributed by atoms with Crippen molar-refractivity contribution in [2.45, 2.75) is 13.0 Å². The fourth-order valence-corrected chi connectivity index (χ4v) is 2.06. The highest BCUT2D eigenvalue weighted by Gasteiger charge is 2.21. The van der Waals surface area contributed by atoms with Crippen LogP contribution >= 0.6 is 0 Å². The number of hydrogen-bond donors (Lipinski definition) is 1. The molecule has 0 saturated carbocycles. The number of benzene rings is 1. The molecular weight excluding hydrogens is 191 g/mol. The Bertz CT molecular complexity index is 327. The van der Waals surface area contributed by atoms with Gasteiger partial charge in [-0.3, -0.25) is 0 Å². The van der Waals surface area contributed by atoms with E-state index in [1.165, 1.54) is 6.07 Å². The summed E-state index contributed by atoms with van der Waals surface area (Å²) >= 11 is 0. The molecule has 3 heteroatoms. The first kappa shape index (κ1) is 10.6. The van der Waals surface area contributed by atoms with Crippen LogP contribution in [-0.2, 0) is 0 Å². The molecule has 0 spiro atoms. The summed E-state index contributed by atoms with van der Waals surface area (Å²) in [6, 6.07) is 7.16.